The minimum absolute atomic E-state index is 0.117. The van der Waals surface area contributed by atoms with Gasteiger partial charge < -0.3 is 14.2 Å². The van der Waals surface area contributed by atoms with Gasteiger partial charge in [-0.15, -0.1) is 11.3 Å². The second kappa shape index (κ2) is 11.5. The Labute approximate surface area is 189 Å². The molecule has 0 unspecified atom stereocenters. The van der Waals surface area contributed by atoms with E-state index in [1.807, 2.05) is 18.2 Å². The second-order valence-corrected chi connectivity index (χ2v) is 7.14. The van der Waals surface area contributed by atoms with Crippen molar-refractivity contribution in [3.05, 3.63) is 65.2 Å². The van der Waals surface area contributed by atoms with Crippen molar-refractivity contribution in [1.29, 1.82) is 0 Å². The van der Waals surface area contributed by atoms with E-state index in [1.54, 1.807) is 48.9 Å². The Balaban J connectivity index is 1.57. The highest BCUT2D eigenvalue weighted by Gasteiger charge is 2.11. The fraction of sp³-hybridized carbons (Fsp3) is 0.182. The van der Waals surface area contributed by atoms with Crippen LogP contribution in [0.1, 0.15) is 18.2 Å². The molecule has 0 fully saturated rings. The molecule has 2 N–H and O–H groups in total. The molecule has 0 saturated heterocycles. The lowest BCUT2D eigenvalue weighted by Crippen LogP contribution is -2.17. The van der Waals surface area contributed by atoms with Crippen LogP contribution in [0.4, 0.5) is 15.6 Å². The monoisotopic (exact) mass is 454 g/mol. The summed E-state index contributed by atoms with van der Waals surface area (Å²) < 4.78 is 15.6. The molecule has 0 aliphatic heterocycles. The lowest BCUT2D eigenvalue weighted by Gasteiger charge is -2.10. The van der Waals surface area contributed by atoms with Crippen LogP contribution in [0.5, 0.6) is 11.5 Å². The number of methoxy groups -OCH3 is 1. The van der Waals surface area contributed by atoms with Gasteiger partial charge in [-0.05, 0) is 42.8 Å². The topological polar surface area (TPSA) is 111 Å². The average molecular weight is 455 g/mol. The summed E-state index contributed by atoms with van der Waals surface area (Å²) in [6.45, 7) is 2.09. The Hall–Kier alpha value is -3.92. The van der Waals surface area contributed by atoms with E-state index in [-0.39, 0.29) is 18.1 Å². The number of thiazole rings is 1. The van der Waals surface area contributed by atoms with Gasteiger partial charge in [-0.3, -0.25) is 15.5 Å². The van der Waals surface area contributed by atoms with Gasteiger partial charge in [0.25, 0.3) is 0 Å². The summed E-state index contributed by atoms with van der Waals surface area (Å²) in [6.07, 6.45) is 1.06. The maximum Gasteiger partial charge on any atom is 0.417 e. The SMILES string of the molecule is CCOC(=O)Cc1csc(NN=Cc2ccc(OC(=O)Nc3ccccc3)c(OC)c2)n1. The molecule has 3 aromatic rings. The molecule has 0 atom stereocenters. The number of aromatic nitrogens is 1. The second-order valence-electron chi connectivity index (χ2n) is 6.29. The molecule has 1 amide bonds. The van der Waals surface area contributed by atoms with Crippen molar-refractivity contribution in [2.45, 2.75) is 13.3 Å². The molecule has 0 aliphatic carbocycles. The van der Waals surface area contributed by atoms with Crippen molar-refractivity contribution in [2.75, 3.05) is 24.5 Å². The van der Waals surface area contributed by atoms with Crippen LogP contribution in [0.15, 0.2) is 59.0 Å². The molecule has 0 aliphatic rings. The number of para-hydroxylation sites is 1. The van der Waals surface area contributed by atoms with Crippen LogP contribution in [0.3, 0.4) is 0 Å². The van der Waals surface area contributed by atoms with E-state index in [0.29, 0.717) is 34.4 Å². The van der Waals surface area contributed by atoms with Gasteiger partial charge in [0, 0.05) is 11.1 Å². The molecule has 1 aromatic heterocycles. The third-order valence-electron chi connectivity index (χ3n) is 3.97. The molecule has 0 spiro atoms. The van der Waals surface area contributed by atoms with E-state index in [1.165, 1.54) is 18.4 Å². The fourth-order valence-electron chi connectivity index (χ4n) is 2.57. The normalized spacial score (nSPS) is 10.6. The summed E-state index contributed by atoms with van der Waals surface area (Å²) >= 11 is 1.33. The van der Waals surface area contributed by atoms with Crippen LogP contribution in [-0.2, 0) is 16.0 Å². The summed E-state index contributed by atoms with van der Waals surface area (Å²) in [5.74, 6) is 0.331. The van der Waals surface area contributed by atoms with E-state index in [4.69, 9.17) is 14.2 Å². The largest absolute Gasteiger partial charge is 0.493 e. The van der Waals surface area contributed by atoms with Crippen molar-refractivity contribution in [1.82, 2.24) is 4.98 Å². The number of benzene rings is 2. The smallest absolute Gasteiger partial charge is 0.417 e. The molecular formula is C22H22N4O5S. The van der Waals surface area contributed by atoms with Crippen molar-refractivity contribution >= 4 is 40.4 Å². The van der Waals surface area contributed by atoms with E-state index >= 15 is 0 Å². The molecular weight excluding hydrogens is 432 g/mol. The molecule has 0 saturated carbocycles. The Morgan fingerprint density at radius 1 is 1.16 bits per heavy atom. The van der Waals surface area contributed by atoms with Gasteiger partial charge in [-0.25, -0.2) is 9.78 Å². The van der Waals surface area contributed by atoms with Crippen molar-refractivity contribution in [3.63, 3.8) is 0 Å². The first-order valence-electron chi connectivity index (χ1n) is 9.68. The highest BCUT2D eigenvalue weighted by atomic mass is 32.1. The molecule has 3 rings (SSSR count). The van der Waals surface area contributed by atoms with Crippen molar-refractivity contribution in [3.8, 4) is 11.5 Å². The van der Waals surface area contributed by atoms with Gasteiger partial charge in [0.05, 0.1) is 32.0 Å². The van der Waals surface area contributed by atoms with Crippen LogP contribution in [0.25, 0.3) is 0 Å². The minimum atomic E-state index is -0.625. The molecule has 9 nitrogen and oxygen atoms in total. The lowest BCUT2D eigenvalue weighted by molar-refractivity contribution is -0.142. The zero-order valence-electron chi connectivity index (χ0n) is 17.5. The molecule has 166 valence electrons. The standard InChI is InChI=1S/C22H22N4O5S/c1-3-30-20(27)12-17-14-32-21(24-17)26-23-13-15-9-10-18(19(11-15)29-2)31-22(28)25-16-7-5-4-6-8-16/h4-11,13-14H,3,12H2,1-2H3,(H,24,26)(H,25,28). The Morgan fingerprint density at radius 2 is 1.97 bits per heavy atom. The zero-order chi connectivity index (χ0) is 22.8. The van der Waals surface area contributed by atoms with E-state index in [9.17, 15) is 9.59 Å². The maximum absolute atomic E-state index is 12.1. The molecule has 10 heteroatoms. The Morgan fingerprint density at radius 3 is 2.72 bits per heavy atom. The van der Waals surface area contributed by atoms with Gasteiger partial charge in [-0.1, -0.05) is 18.2 Å². The first-order chi connectivity index (χ1) is 15.6. The Bertz CT molecular complexity index is 1080. The van der Waals surface area contributed by atoms with Gasteiger partial charge >= 0.3 is 12.1 Å². The predicted octanol–water partition coefficient (Wildman–Crippen LogP) is 4.31. The van der Waals surface area contributed by atoms with Gasteiger partial charge in [0.2, 0.25) is 5.13 Å². The summed E-state index contributed by atoms with van der Waals surface area (Å²) in [6, 6.07) is 14.0. The minimum Gasteiger partial charge on any atom is -0.493 e. The number of hydrogen-bond donors (Lipinski definition) is 2. The number of nitrogens with one attached hydrogen (secondary N) is 2. The number of hydrogen-bond acceptors (Lipinski definition) is 9. The quantitative estimate of drug-likeness (QED) is 0.281. The number of esters is 1. The third-order valence-corrected chi connectivity index (χ3v) is 4.76. The first-order valence-corrected chi connectivity index (χ1v) is 10.6. The number of carbonyl (C=O) groups excluding carboxylic acids is 2. The number of amides is 1. The van der Waals surface area contributed by atoms with Gasteiger partial charge in [0.15, 0.2) is 11.5 Å². The Kier molecular flexibility index (Phi) is 8.15. The van der Waals surface area contributed by atoms with Crippen LogP contribution < -0.4 is 20.2 Å². The molecule has 32 heavy (non-hydrogen) atoms. The molecule has 0 radical (unpaired) electrons. The highest BCUT2D eigenvalue weighted by Crippen LogP contribution is 2.28. The number of carbonyl (C=O) groups is 2. The summed E-state index contributed by atoms with van der Waals surface area (Å²) in [4.78, 5) is 27.9. The van der Waals surface area contributed by atoms with Crippen LogP contribution in [-0.4, -0.2) is 37.0 Å². The number of anilines is 2. The van der Waals surface area contributed by atoms with Crippen LogP contribution in [0, 0.1) is 0 Å². The zero-order valence-corrected chi connectivity index (χ0v) is 18.3. The van der Waals surface area contributed by atoms with Crippen LogP contribution in [0.2, 0.25) is 0 Å². The van der Waals surface area contributed by atoms with Gasteiger partial charge in [0.1, 0.15) is 0 Å². The lowest BCUT2D eigenvalue weighted by atomic mass is 10.2. The number of nitrogens with zero attached hydrogens (tertiary/aromatic N) is 2. The van der Waals surface area contributed by atoms with Crippen LogP contribution >= 0.6 is 11.3 Å². The van der Waals surface area contributed by atoms with E-state index in [0.717, 1.165) is 0 Å². The number of ether oxygens (including phenoxy) is 3. The third kappa shape index (κ3) is 6.81. The molecule has 2 aromatic carbocycles. The summed E-state index contributed by atoms with van der Waals surface area (Å²) in [7, 11) is 1.48. The number of hydrazone groups is 1. The predicted molar refractivity (Wildman–Crippen MR) is 123 cm³/mol. The molecule has 0 bridgehead atoms. The average Bonchev–Trinajstić information content (AvgIpc) is 3.22. The first kappa shape index (κ1) is 22.8. The van der Waals surface area contributed by atoms with Gasteiger partial charge in [-0.2, -0.15) is 5.10 Å². The van der Waals surface area contributed by atoms with Crippen molar-refractivity contribution in [2.24, 2.45) is 5.10 Å². The van der Waals surface area contributed by atoms with Crippen molar-refractivity contribution < 1.29 is 23.8 Å². The maximum atomic E-state index is 12.1. The molecule has 1 heterocycles. The van der Waals surface area contributed by atoms with E-state index < -0.39 is 6.09 Å². The highest BCUT2D eigenvalue weighted by molar-refractivity contribution is 7.13. The van der Waals surface area contributed by atoms with E-state index in [2.05, 4.69) is 20.8 Å². The summed E-state index contributed by atoms with van der Waals surface area (Å²) in [5, 5.41) is 9.10. The fourth-order valence-corrected chi connectivity index (χ4v) is 3.23. The number of rotatable bonds is 9. The summed E-state index contributed by atoms with van der Waals surface area (Å²) in [5.41, 5.74) is 4.77.